The summed E-state index contributed by atoms with van der Waals surface area (Å²) in [5.74, 6) is -0.900. The summed E-state index contributed by atoms with van der Waals surface area (Å²) in [7, 11) is -3.26. The van der Waals surface area contributed by atoms with Crippen molar-refractivity contribution < 1.29 is 23.5 Å². The molecule has 19 heavy (non-hydrogen) atoms. The van der Waals surface area contributed by atoms with Gasteiger partial charge in [0.15, 0.2) is 0 Å². The zero-order valence-corrected chi connectivity index (χ0v) is 12.9. The fourth-order valence-corrected chi connectivity index (χ4v) is 4.35. The smallest absolute Gasteiger partial charge is 0.337 e. The van der Waals surface area contributed by atoms with Gasteiger partial charge in [-0.1, -0.05) is 12.2 Å². The molecule has 0 unspecified atom stereocenters. The highest BCUT2D eigenvalue weighted by molar-refractivity contribution is 7.81. The predicted octanol–water partition coefficient (Wildman–Crippen LogP) is 2.13. The summed E-state index contributed by atoms with van der Waals surface area (Å²) in [6.07, 6.45) is 1.29. The summed E-state index contributed by atoms with van der Waals surface area (Å²) in [6.45, 7) is 4.56. The molecule has 110 valence electrons. The van der Waals surface area contributed by atoms with Crippen LogP contribution in [-0.2, 0) is 18.4 Å². The summed E-state index contributed by atoms with van der Waals surface area (Å²) in [5.41, 5.74) is 0. The normalized spacial score (nSPS) is 19.7. The van der Waals surface area contributed by atoms with E-state index in [0.29, 0.717) is 18.0 Å². The Kier molecular flexibility index (Phi) is 6.39. The molecule has 1 N–H and O–H groups in total. The first-order valence-corrected chi connectivity index (χ1v) is 8.47. The summed E-state index contributed by atoms with van der Waals surface area (Å²) >= 11 is 5.22. The number of hydrogen-bond donors (Lipinski definition) is 1. The fraction of sp³-hybridized carbons (Fsp3) is 0.818. The topological polar surface area (TPSA) is 76.1 Å². The van der Waals surface area contributed by atoms with Crippen molar-refractivity contribution in [3.05, 3.63) is 0 Å². The second-order valence-electron chi connectivity index (χ2n) is 4.19. The molecule has 1 heterocycles. The van der Waals surface area contributed by atoms with Crippen molar-refractivity contribution >= 4 is 30.8 Å². The Morgan fingerprint density at radius 1 is 1.42 bits per heavy atom. The largest absolute Gasteiger partial charge is 0.480 e. The number of carbonyl (C=O) groups is 1. The lowest BCUT2D eigenvalue weighted by Crippen LogP contribution is -2.41. The van der Waals surface area contributed by atoms with Gasteiger partial charge in [0.25, 0.3) is 0 Å². The van der Waals surface area contributed by atoms with E-state index in [1.165, 1.54) is 0 Å². The van der Waals surface area contributed by atoms with Crippen molar-refractivity contribution in [3.8, 4) is 0 Å². The quantitative estimate of drug-likeness (QED) is 0.570. The van der Waals surface area contributed by atoms with E-state index in [9.17, 15) is 9.36 Å². The Bertz CT molecular complexity index is 379. The van der Waals surface area contributed by atoms with Crippen LogP contribution in [0.25, 0.3) is 0 Å². The highest BCUT2D eigenvalue weighted by Gasteiger charge is 2.35. The summed E-state index contributed by atoms with van der Waals surface area (Å²) in [5, 5.41) is 9.10. The van der Waals surface area contributed by atoms with Crippen molar-refractivity contribution in [2.24, 2.45) is 0 Å². The molecular weight excluding hydrogens is 289 g/mol. The van der Waals surface area contributed by atoms with Crippen LogP contribution in [0.3, 0.4) is 0 Å². The zero-order chi connectivity index (χ0) is 14.5. The van der Waals surface area contributed by atoms with Crippen molar-refractivity contribution in [3.63, 3.8) is 0 Å². The maximum absolute atomic E-state index is 12.4. The Morgan fingerprint density at radius 2 is 2.00 bits per heavy atom. The molecule has 1 rings (SSSR count). The monoisotopic (exact) mass is 309 g/mol. The van der Waals surface area contributed by atoms with E-state index in [-0.39, 0.29) is 19.4 Å². The third-order valence-corrected chi connectivity index (χ3v) is 5.42. The van der Waals surface area contributed by atoms with Crippen LogP contribution in [0.1, 0.15) is 26.7 Å². The lowest BCUT2D eigenvalue weighted by atomic mass is 10.2. The molecule has 0 amide bonds. The van der Waals surface area contributed by atoms with E-state index in [0.717, 1.165) is 6.42 Å². The van der Waals surface area contributed by atoms with E-state index in [4.69, 9.17) is 26.4 Å². The molecule has 0 saturated carbocycles. The number of rotatable bonds is 7. The van der Waals surface area contributed by atoms with Crippen molar-refractivity contribution in [1.82, 2.24) is 4.90 Å². The predicted molar refractivity (Wildman–Crippen MR) is 75.7 cm³/mol. The molecule has 1 saturated heterocycles. The molecule has 8 heteroatoms. The minimum atomic E-state index is -3.26. The van der Waals surface area contributed by atoms with E-state index in [2.05, 4.69) is 0 Å². The molecular formula is C11H20NO5PS. The molecule has 0 radical (unpaired) electrons. The van der Waals surface area contributed by atoms with Crippen molar-refractivity contribution in [1.29, 1.82) is 0 Å². The molecule has 1 aliphatic heterocycles. The molecule has 0 aromatic carbocycles. The molecule has 0 spiro atoms. The molecule has 1 aliphatic rings. The molecule has 0 aliphatic carbocycles. The first-order valence-electron chi connectivity index (χ1n) is 6.34. The van der Waals surface area contributed by atoms with Gasteiger partial charge >= 0.3 is 13.6 Å². The van der Waals surface area contributed by atoms with Crippen LogP contribution in [0, 0.1) is 0 Å². The van der Waals surface area contributed by atoms with Crippen molar-refractivity contribution in [2.75, 3.05) is 25.9 Å². The van der Waals surface area contributed by atoms with Gasteiger partial charge < -0.3 is 19.1 Å². The van der Waals surface area contributed by atoms with Crippen LogP contribution in [0.4, 0.5) is 0 Å². The van der Waals surface area contributed by atoms with Crippen LogP contribution in [0.2, 0.25) is 0 Å². The first kappa shape index (κ1) is 16.6. The van der Waals surface area contributed by atoms with Gasteiger partial charge in [-0.25, -0.2) is 4.79 Å². The van der Waals surface area contributed by atoms with E-state index < -0.39 is 19.6 Å². The van der Waals surface area contributed by atoms with Crippen LogP contribution < -0.4 is 0 Å². The number of hydrogen-bond acceptors (Lipinski definition) is 5. The van der Waals surface area contributed by atoms with Gasteiger partial charge in [0.1, 0.15) is 12.2 Å². The van der Waals surface area contributed by atoms with Crippen LogP contribution in [-0.4, -0.2) is 52.9 Å². The maximum atomic E-state index is 12.4. The number of likely N-dealkylation sites (tertiary alicyclic amines) is 1. The van der Waals surface area contributed by atoms with Gasteiger partial charge in [0.05, 0.1) is 18.2 Å². The lowest BCUT2D eigenvalue weighted by molar-refractivity contribution is -0.140. The van der Waals surface area contributed by atoms with E-state index >= 15 is 0 Å². The fourth-order valence-electron chi connectivity index (χ4n) is 2.10. The Hall–Kier alpha value is -0.490. The van der Waals surface area contributed by atoms with Crippen LogP contribution in [0.15, 0.2) is 0 Å². The third-order valence-electron chi connectivity index (χ3n) is 2.84. The van der Waals surface area contributed by atoms with Crippen LogP contribution >= 0.6 is 19.8 Å². The highest BCUT2D eigenvalue weighted by atomic mass is 32.1. The zero-order valence-electron chi connectivity index (χ0n) is 11.2. The Morgan fingerprint density at radius 3 is 2.47 bits per heavy atom. The molecule has 0 aromatic heterocycles. The number of thiocarbonyl (C=S) groups is 1. The van der Waals surface area contributed by atoms with Gasteiger partial charge in [-0.3, -0.25) is 4.57 Å². The maximum Gasteiger partial charge on any atom is 0.337 e. The van der Waals surface area contributed by atoms with Gasteiger partial charge in [0, 0.05) is 6.54 Å². The summed E-state index contributed by atoms with van der Waals surface area (Å²) in [6, 6.07) is -0.621. The summed E-state index contributed by atoms with van der Waals surface area (Å²) < 4.78 is 22.7. The highest BCUT2D eigenvalue weighted by Crippen LogP contribution is 2.48. The van der Waals surface area contributed by atoms with Gasteiger partial charge in [-0.05, 0) is 26.7 Å². The summed E-state index contributed by atoms with van der Waals surface area (Å²) in [4.78, 5) is 13.1. The second-order valence-corrected chi connectivity index (χ2v) is 6.71. The Balaban J connectivity index is 2.71. The average Bonchev–Trinajstić information content (AvgIpc) is 2.77. The average molecular weight is 309 g/mol. The van der Waals surface area contributed by atoms with Crippen molar-refractivity contribution in [2.45, 2.75) is 32.7 Å². The Labute approximate surface area is 118 Å². The lowest BCUT2D eigenvalue weighted by Gasteiger charge is -2.26. The van der Waals surface area contributed by atoms with Crippen LogP contribution in [0.5, 0.6) is 0 Å². The second kappa shape index (κ2) is 7.33. The minimum absolute atomic E-state index is 0.0339. The third kappa shape index (κ3) is 4.53. The number of nitrogens with zero attached hydrogens (tertiary/aromatic N) is 1. The molecule has 1 fully saturated rings. The first-order chi connectivity index (χ1) is 8.93. The van der Waals surface area contributed by atoms with E-state index in [1.807, 2.05) is 0 Å². The molecule has 1 atom stereocenters. The number of carboxylic acid groups (broad SMARTS) is 1. The SMILES string of the molecule is CCOP(=O)(CC(=S)N1CCC[C@H]1C(=O)O)OCC. The number of aliphatic carboxylic acids is 1. The molecule has 0 bridgehead atoms. The van der Waals surface area contributed by atoms with Gasteiger partial charge in [0.2, 0.25) is 0 Å². The van der Waals surface area contributed by atoms with Gasteiger partial charge in [-0.2, -0.15) is 0 Å². The van der Waals surface area contributed by atoms with E-state index in [1.54, 1.807) is 18.7 Å². The number of carboxylic acids is 1. The molecule has 0 aromatic rings. The molecule has 6 nitrogen and oxygen atoms in total. The minimum Gasteiger partial charge on any atom is -0.480 e. The van der Waals surface area contributed by atoms with Gasteiger partial charge in [-0.15, -0.1) is 0 Å². The standard InChI is InChI=1S/C11H20NO5PS/c1-3-16-18(15,17-4-2)8-10(19)12-7-5-6-9(12)11(13)14/h9H,3-8H2,1-2H3,(H,13,14)/t9-/m0/s1.